The summed E-state index contributed by atoms with van der Waals surface area (Å²) >= 11 is 1.44. The molecule has 0 bridgehead atoms. The number of carbonyl (C=O) groups is 2. The molecule has 2 N–H and O–H groups in total. The van der Waals surface area contributed by atoms with E-state index >= 15 is 0 Å². The molecular weight excluding hydrogens is 292 g/mol. The smallest absolute Gasteiger partial charge is 0.305 e. The summed E-state index contributed by atoms with van der Waals surface area (Å²) in [5.74, 6) is -1.29. The number of thiazole rings is 1. The molecule has 116 valence electrons. The van der Waals surface area contributed by atoms with Crippen molar-refractivity contribution in [1.82, 2.24) is 10.3 Å². The van der Waals surface area contributed by atoms with Crippen LogP contribution in [0.4, 0.5) is 0 Å². The number of ether oxygens (including phenoxy) is 1. The van der Waals surface area contributed by atoms with E-state index in [4.69, 9.17) is 9.84 Å². The van der Waals surface area contributed by atoms with Crippen LogP contribution in [0.25, 0.3) is 0 Å². The third kappa shape index (κ3) is 3.79. The topological polar surface area (TPSA) is 88.5 Å². The maximum absolute atomic E-state index is 12.3. The molecule has 1 atom stereocenters. The van der Waals surface area contributed by atoms with Gasteiger partial charge in [-0.3, -0.25) is 9.59 Å². The van der Waals surface area contributed by atoms with Crippen LogP contribution >= 0.6 is 11.3 Å². The zero-order valence-corrected chi connectivity index (χ0v) is 13.2. The van der Waals surface area contributed by atoms with Gasteiger partial charge in [0.15, 0.2) is 0 Å². The lowest BCUT2D eigenvalue weighted by Crippen LogP contribution is -2.50. The molecule has 1 amide bonds. The summed E-state index contributed by atoms with van der Waals surface area (Å²) in [5.41, 5.74) is -0.603. The van der Waals surface area contributed by atoms with Crippen LogP contribution in [-0.4, -0.2) is 40.7 Å². The molecule has 1 fully saturated rings. The Morgan fingerprint density at radius 1 is 1.52 bits per heavy atom. The number of aromatic nitrogens is 1. The fourth-order valence-electron chi connectivity index (χ4n) is 2.21. The summed E-state index contributed by atoms with van der Waals surface area (Å²) in [6.45, 7) is 6.78. The Kier molecular flexibility index (Phi) is 4.34. The summed E-state index contributed by atoms with van der Waals surface area (Å²) in [6, 6.07) is 0. The fraction of sp³-hybridized carbons (Fsp3) is 0.643. The molecule has 1 aromatic heterocycles. The van der Waals surface area contributed by atoms with Crippen LogP contribution in [0.2, 0.25) is 0 Å². The van der Waals surface area contributed by atoms with Crippen LogP contribution in [0.15, 0.2) is 5.38 Å². The lowest BCUT2D eigenvalue weighted by atomic mass is 9.94. The predicted molar refractivity (Wildman–Crippen MR) is 78.7 cm³/mol. The standard InChI is InChI=1S/C14H20N2O4S/c1-13(2,3)12-15-9(7-21-12)11(19)16-14(6-10(17)18)4-5-20-8-14/h7H,4-6,8H2,1-3H3,(H,16,19)(H,17,18). The number of nitrogens with one attached hydrogen (secondary N) is 1. The zero-order chi connectivity index (χ0) is 15.7. The van der Waals surface area contributed by atoms with E-state index in [0.717, 1.165) is 5.01 Å². The number of amides is 1. The van der Waals surface area contributed by atoms with Crippen molar-refractivity contribution in [2.45, 2.75) is 44.6 Å². The van der Waals surface area contributed by atoms with Crippen molar-refractivity contribution in [3.05, 3.63) is 16.1 Å². The van der Waals surface area contributed by atoms with E-state index in [1.807, 2.05) is 20.8 Å². The molecule has 2 rings (SSSR count). The maximum atomic E-state index is 12.3. The van der Waals surface area contributed by atoms with Crippen LogP contribution in [0.1, 0.15) is 49.1 Å². The molecule has 0 spiro atoms. The first-order chi connectivity index (χ1) is 9.72. The third-order valence-electron chi connectivity index (χ3n) is 3.35. The first-order valence-electron chi connectivity index (χ1n) is 6.80. The predicted octanol–water partition coefficient (Wildman–Crippen LogP) is 1.80. The minimum atomic E-state index is -0.950. The van der Waals surface area contributed by atoms with Crippen LogP contribution in [0.3, 0.4) is 0 Å². The van der Waals surface area contributed by atoms with Gasteiger partial charge in [-0.05, 0) is 6.42 Å². The molecular formula is C14H20N2O4S. The summed E-state index contributed by atoms with van der Waals surface area (Å²) in [5, 5.41) is 14.4. The largest absolute Gasteiger partial charge is 0.481 e. The summed E-state index contributed by atoms with van der Waals surface area (Å²) in [7, 11) is 0. The first-order valence-corrected chi connectivity index (χ1v) is 7.68. The van der Waals surface area contributed by atoms with Crippen LogP contribution in [0.5, 0.6) is 0 Å². The lowest BCUT2D eigenvalue weighted by Gasteiger charge is -2.26. The van der Waals surface area contributed by atoms with Gasteiger partial charge >= 0.3 is 5.97 Å². The summed E-state index contributed by atoms with van der Waals surface area (Å²) in [6.07, 6.45) is 0.357. The van der Waals surface area contributed by atoms with Gasteiger partial charge in [0.1, 0.15) is 5.69 Å². The molecule has 21 heavy (non-hydrogen) atoms. The number of rotatable bonds is 4. The average molecular weight is 312 g/mol. The Morgan fingerprint density at radius 3 is 2.71 bits per heavy atom. The molecule has 6 nitrogen and oxygen atoms in total. The normalized spacial score (nSPS) is 22.2. The average Bonchev–Trinajstić information content (AvgIpc) is 2.95. The number of nitrogens with zero attached hydrogens (tertiary/aromatic N) is 1. The second-order valence-electron chi connectivity index (χ2n) is 6.40. The molecule has 2 heterocycles. The monoisotopic (exact) mass is 312 g/mol. The Hall–Kier alpha value is -1.47. The number of hydrogen-bond donors (Lipinski definition) is 2. The van der Waals surface area contributed by atoms with Crippen molar-refractivity contribution < 1.29 is 19.4 Å². The van der Waals surface area contributed by atoms with E-state index in [-0.39, 0.29) is 24.3 Å². The fourth-order valence-corrected chi connectivity index (χ4v) is 3.09. The third-order valence-corrected chi connectivity index (χ3v) is 4.62. The molecule has 1 aliphatic rings. The highest BCUT2D eigenvalue weighted by atomic mass is 32.1. The Balaban J connectivity index is 2.12. The molecule has 0 aromatic carbocycles. The first kappa shape index (κ1) is 15.9. The van der Waals surface area contributed by atoms with Gasteiger partial charge in [-0.1, -0.05) is 20.8 Å². The van der Waals surface area contributed by atoms with Crippen molar-refractivity contribution in [3.63, 3.8) is 0 Å². The van der Waals surface area contributed by atoms with Gasteiger partial charge in [0.05, 0.1) is 23.6 Å². The minimum Gasteiger partial charge on any atom is -0.481 e. The molecule has 0 saturated carbocycles. The van der Waals surface area contributed by atoms with Gasteiger partial charge < -0.3 is 15.2 Å². The zero-order valence-electron chi connectivity index (χ0n) is 12.4. The van der Waals surface area contributed by atoms with Gasteiger partial charge in [-0.15, -0.1) is 11.3 Å². The van der Waals surface area contributed by atoms with Crippen LogP contribution < -0.4 is 5.32 Å². The van der Waals surface area contributed by atoms with Crippen LogP contribution in [-0.2, 0) is 14.9 Å². The molecule has 7 heteroatoms. The van der Waals surface area contributed by atoms with E-state index in [2.05, 4.69) is 10.3 Å². The van der Waals surface area contributed by atoms with E-state index < -0.39 is 11.5 Å². The number of carbonyl (C=O) groups excluding carboxylic acids is 1. The van der Waals surface area contributed by atoms with Gasteiger partial charge in [0, 0.05) is 17.4 Å². The molecule has 0 aliphatic carbocycles. The van der Waals surface area contributed by atoms with E-state index in [9.17, 15) is 9.59 Å². The van der Waals surface area contributed by atoms with Crippen molar-refractivity contribution in [3.8, 4) is 0 Å². The minimum absolute atomic E-state index is 0.113. The summed E-state index contributed by atoms with van der Waals surface area (Å²) in [4.78, 5) is 27.7. The van der Waals surface area contributed by atoms with Crippen LogP contribution in [0, 0.1) is 0 Å². The number of carboxylic acid groups (broad SMARTS) is 1. The maximum Gasteiger partial charge on any atom is 0.305 e. The van der Waals surface area contributed by atoms with E-state index in [1.54, 1.807) is 5.38 Å². The highest BCUT2D eigenvalue weighted by molar-refractivity contribution is 7.10. The number of hydrogen-bond acceptors (Lipinski definition) is 5. The van der Waals surface area contributed by atoms with Gasteiger partial charge in [0.2, 0.25) is 0 Å². The lowest BCUT2D eigenvalue weighted by molar-refractivity contribution is -0.138. The Bertz CT molecular complexity index is 541. The molecule has 0 radical (unpaired) electrons. The Morgan fingerprint density at radius 2 is 2.24 bits per heavy atom. The number of aliphatic carboxylic acids is 1. The second kappa shape index (κ2) is 5.73. The molecule has 1 aromatic rings. The van der Waals surface area contributed by atoms with Crippen molar-refractivity contribution >= 4 is 23.2 Å². The Labute approximate surface area is 127 Å². The van der Waals surface area contributed by atoms with E-state index in [1.165, 1.54) is 11.3 Å². The van der Waals surface area contributed by atoms with Crippen molar-refractivity contribution in [2.24, 2.45) is 0 Å². The summed E-state index contributed by atoms with van der Waals surface area (Å²) < 4.78 is 5.26. The van der Waals surface area contributed by atoms with Crippen molar-refractivity contribution in [1.29, 1.82) is 0 Å². The second-order valence-corrected chi connectivity index (χ2v) is 7.25. The van der Waals surface area contributed by atoms with Gasteiger partial charge in [0.25, 0.3) is 5.91 Å². The van der Waals surface area contributed by atoms with E-state index in [0.29, 0.717) is 18.7 Å². The highest BCUT2D eigenvalue weighted by Crippen LogP contribution is 2.27. The molecule has 1 saturated heterocycles. The quantitative estimate of drug-likeness (QED) is 0.885. The highest BCUT2D eigenvalue weighted by Gasteiger charge is 2.39. The molecule has 1 aliphatic heterocycles. The molecule has 1 unspecified atom stereocenters. The van der Waals surface area contributed by atoms with Gasteiger partial charge in [-0.25, -0.2) is 4.98 Å². The van der Waals surface area contributed by atoms with Gasteiger partial charge in [-0.2, -0.15) is 0 Å². The SMILES string of the molecule is CC(C)(C)c1nc(C(=O)NC2(CC(=O)O)CCOC2)cs1. The van der Waals surface area contributed by atoms with Crippen molar-refractivity contribution in [2.75, 3.05) is 13.2 Å². The number of carboxylic acids is 1.